The van der Waals surface area contributed by atoms with E-state index in [2.05, 4.69) is 17.1 Å². The normalized spacial score (nSPS) is 27.6. The second-order valence-corrected chi connectivity index (χ2v) is 6.05. The van der Waals surface area contributed by atoms with Crippen molar-refractivity contribution in [2.75, 3.05) is 39.3 Å². The topological polar surface area (TPSA) is 72.9 Å². The highest BCUT2D eigenvalue weighted by atomic mass is 16.4. The number of carbonyl (C=O) groups is 2. The van der Waals surface area contributed by atoms with Crippen LogP contribution in [-0.2, 0) is 4.79 Å². The number of carbonyl (C=O) groups excluding carboxylic acids is 1. The van der Waals surface area contributed by atoms with Crippen molar-refractivity contribution in [3.8, 4) is 0 Å². The average Bonchev–Trinajstić information content (AvgIpc) is 2.44. The molecular formula is C14H25N3O3. The van der Waals surface area contributed by atoms with Crippen LogP contribution in [0.15, 0.2) is 0 Å². The summed E-state index contributed by atoms with van der Waals surface area (Å²) in [5.74, 6) is -1.00. The largest absolute Gasteiger partial charge is 0.480 e. The average molecular weight is 283 g/mol. The molecule has 1 unspecified atom stereocenters. The fraction of sp³-hybridized carbons (Fsp3) is 0.857. The first-order chi connectivity index (χ1) is 9.54. The fourth-order valence-electron chi connectivity index (χ4n) is 3.56. The van der Waals surface area contributed by atoms with Crippen molar-refractivity contribution in [3.05, 3.63) is 0 Å². The quantitative estimate of drug-likeness (QED) is 0.810. The maximum Gasteiger partial charge on any atom is 0.323 e. The van der Waals surface area contributed by atoms with Gasteiger partial charge in [0.1, 0.15) is 6.54 Å². The number of piperidine rings is 2. The smallest absolute Gasteiger partial charge is 0.323 e. The standard InChI is InChI=1S/C14H25N3O3/c1-2-16-7-3-5-14(10-16)6-4-8-17(11-14)13(20)15-9-12(18)19/h2-11H2,1H3,(H,15,20)(H,18,19). The van der Waals surface area contributed by atoms with Crippen LogP contribution in [0, 0.1) is 5.41 Å². The molecule has 6 nitrogen and oxygen atoms in total. The van der Waals surface area contributed by atoms with Gasteiger partial charge in [-0.25, -0.2) is 4.79 Å². The van der Waals surface area contributed by atoms with Gasteiger partial charge >= 0.3 is 12.0 Å². The van der Waals surface area contributed by atoms with E-state index in [9.17, 15) is 9.59 Å². The molecule has 1 spiro atoms. The summed E-state index contributed by atoms with van der Waals surface area (Å²) in [7, 11) is 0. The zero-order valence-corrected chi connectivity index (χ0v) is 12.2. The molecule has 2 aliphatic rings. The first-order valence-electron chi connectivity index (χ1n) is 7.52. The first-order valence-corrected chi connectivity index (χ1v) is 7.52. The van der Waals surface area contributed by atoms with E-state index in [1.54, 1.807) is 4.90 Å². The van der Waals surface area contributed by atoms with E-state index in [0.717, 1.165) is 39.1 Å². The molecular weight excluding hydrogens is 258 g/mol. The van der Waals surface area contributed by atoms with Gasteiger partial charge < -0.3 is 20.2 Å². The van der Waals surface area contributed by atoms with Gasteiger partial charge in [-0.2, -0.15) is 0 Å². The minimum atomic E-state index is -1.00. The molecule has 0 aliphatic carbocycles. The number of carboxylic acid groups (broad SMARTS) is 1. The molecule has 2 rings (SSSR count). The molecule has 2 aliphatic heterocycles. The molecule has 114 valence electrons. The second-order valence-electron chi connectivity index (χ2n) is 6.05. The summed E-state index contributed by atoms with van der Waals surface area (Å²) in [6.45, 7) is 6.65. The lowest BCUT2D eigenvalue weighted by molar-refractivity contribution is -0.135. The first kappa shape index (κ1) is 15.1. The van der Waals surface area contributed by atoms with Crippen LogP contribution < -0.4 is 5.32 Å². The van der Waals surface area contributed by atoms with Gasteiger partial charge in [-0.05, 0) is 38.8 Å². The number of carboxylic acids is 1. The van der Waals surface area contributed by atoms with Crippen LogP contribution in [0.25, 0.3) is 0 Å². The number of hydrogen-bond donors (Lipinski definition) is 2. The van der Waals surface area contributed by atoms with Gasteiger partial charge in [-0.15, -0.1) is 0 Å². The monoisotopic (exact) mass is 283 g/mol. The van der Waals surface area contributed by atoms with Crippen molar-refractivity contribution in [2.45, 2.75) is 32.6 Å². The third-order valence-corrected chi connectivity index (χ3v) is 4.53. The molecule has 0 aromatic heterocycles. The van der Waals surface area contributed by atoms with Crippen LogP contribution in [0.1, 0.15) is 32.6 Å². The molecule has 0 aromatic carbocycles. The second kappa shape index (κ2) is 6.43. The molecule has 0 bridgehead atoms. The molecule has 1 atom stereocenters. The number of nitrogens with one attached hydrogen (secondary N) is 1. The summed E-state index contributed by atoms with van der Waals surface area (Å²) in [5.41, 5.74) is 0.215. The van der Waals surface area contributed by atoms with Crippen molar-refractivity contribution in [1.82, 2.24) is 15.1 Å². The highest BCUT2D eigenvalue weighted by Gasteiger charge is 2.40. The number of aliphatic carboxylic acids is 1. The van der Waals surface area contributed by atoms with Crippen molar-refractivity contribution >= 4 is 12.0 Å². The van der Waals surface area contributed by atoms with Gasteiger partial charge in [-0.3, -0.25) is 4.79 Å². The van der Waals surface area contributed by atoms with Crippen molar-refractivity contribution in [3.63, 3.8) is 0 Å². The minimum Gasteiger partial charge on any atom is -0.480 e. The number of likely N-dealkylation sites (tertiary alicyclic amines) is 2. The van der Waals surface area contributed by atoms with Gasteiger partial charge in [0.25, 0.3) is 0 Å². The molecule has 6 heteroatoms. The van der Waals surface area contributed by atoms with E-state index in [1.807, 2.05) is 0 Å². The predicted molar refractivity (Wildman–Crippen MR) is 75.6 cm³/mol. The number of nitrogens with zero attached hydrogens (tertiary/aromatic N) is 2. The van der Waals surface area contributed by atoms with Gasteiger partial charge in [0, 0.05) is 25.0 Å². The van der Waals surface area contributed by atoms with Crippen molar-refractivity contribution in [2.24, 2.45) is 5.41 Å². The van der Waals surface area contributed by atoms with Crippen molar-refractivity contribution in [1.29, 1.82) is 0 Å². The lowest BCUT2D eigenvalue weighted by Crippen LogP contribution is -2.55. The minimum absolute atomic E-state index is 0.215. The molecule has 20 heavy (non-hydrogen) atoms. The molecule has 2 amide bonds. The molecule has 0 aromatic rings. The summed E-state index contributed by atoms with van der Waals surface area (Å²) >= 11 is 0. The Morgan fingerprint density at radius 3 is 2.55 bits per heavy atom. The lowest BCUT2D eigenvalue weighted by atomic mass is 9.74. The number of hydrogen-bond acceptors (Lipinski definition) is 3. The molecule has 2 N–H and O–H groups in total. The zero-order valence-electron chi connectivity index (χ0n) is 12.2. The Hall–Kier alpha value is -1.30. The Morgan fingerprint density at radius 1 is 1.20 bits per heavy atom. The van der Waals surface area contributed by atoms with E-state index < -0.39 is 5.97 Å². The van der Waals surface area contributed by atoms with E-state index in [0.29, 0.717) is 0 Å². The summed E-state index contributed by atoms with van der Waals surface area (Å²) in [5, 5.41) is 11.1. The van der Waals surface area contributed by atoms with Crippen LogP contribution in [0.2, 0.25) is 0 Å². The summed E-state index contributed by atoms with van der Waals surface area (Å²) in [4.78, 5) is 26.8. The zero-order chi connectivity index (χ0) is 14.6. The van der Waals surface area contributed by atoms with Crippen LogP contribution in [0.5, 0.6) is 0 Å². The molecule has 2 heterocycles. The van der Waals surface area contributed by atoms with Crippen molar-refractivity contribution < 1.29 is 14.7 Å². The fourth-order valence-corrected chi connectivity index (χ4v) is 3.56. The Balaban J connectivity index is 1.93. The third kappa shape index (κ3) is 3.62. The predicted octanol–water partition coefficient (Wildman–Crippen LogP) is 0.979. The van der Waals surface area contributed by atoms with Crippen LogP contribution in [0.4, 0.5) is 4.79 Å². The molecule has 0 radical (unpaired) electrons. The maximum absolute atomic E-state index is 12.0. The SMILES string of the molecule is CCN1CCCC2(CCCN(C(=O)NCC(=O)O)C2)C1. The highest BCUT2D eigenvalue weighted by Crippen LogP contribution is 2.38. The maximum atomic E-state index is 12.0. The summed E-state index contributed by atoms with van der Waals surface area (Å²) in [6, 6.07) is -0.236. The van der Waals surface area contributed by atoms with E-state index in [4.69, 9.17) is 5.11 Å². The molecule has 2 fully saturated rings. The molecule has 2 saturated heterocycles. The van der Waals surface area contributed by atoms with Crippen LogP contribution in [0.3, 0.4) is 0 Å². The van der Waals surface area contributed by atoms with Gasteiger partial charge in [0.2, 0.25) is 0 Å². The number of amides is 2. The number of rotatable bonds is 3. The Labute approximate surface area is 120 Å². The summed E-state index contributed by atoms with van der Waals surface area (Å²) in [6.07, 6.45) is 4.55. The van der Waals surface area contributed by atoms with Crippen LogP contribution in [-0.4, -0.2) is 66.2 Å². The van der Waals surface area contributed by atoms with Crippen LogP contribution >= 0.6 is 0 Å². The van der Waals surface area contributed by atoms with E-state index in [-0.39, 0.29) is 18.0 Å². The molecule has 0 saturated carbocycles. The van der Waals surface area contributed by atoms with E-state index in [1.165, 1.54) is 19.3 Å². The Bertz CT molecular complexity index is 371. The lowest BCUT2D eigenvalue weighted by Gasteiger charge is -2.48. The van der Waals surface area contributed by atoms with Gasteiger partial charge in [0.05, 0.1) is 0 Å². The highest BCUT2D eigenvalue weighted by molar-refractivity contribution is 5.80. The number of urea groups is 1. The van der Waals surface area contributed by atoms with E-state index >= 15 is 0 Å². The van der Waals surface area contributed by atoms with Gasteiger partial charge in [-0.1, -0.05) is 6.92 Å². The Kier molecular flexibility index (Phi) is 4.86. The third-order valence-electron chi connectivity index (χ3n) is 4.53. The Morgan fingerprint density at radius 2 is 1.90 bits per heavy atom. The van der Waals surface area contributed by atoms with Gasteiger partial charge in [0.15, 0.2) is 0 Å². The summed E-state index contributed by atoms with van der Waals surface area (Å²) < 4.78 is 0.